The van der Waals surface area contributed by atoms with Crippen molar-refractivity contribution in [2.75, 3.05) is 26.2 Å². The molecule has 0 unspecified atom stereocenters. The van der Waals surface area contributed by atoms with Crippen LogP contribution in [0, 0.1) is 17.2 Å². The number of nitriles is 1. The van der Waals surface area contributed by atoms with Gasteiger partial charge >= 0.3 is 6.03 Å². The number of nitrogens with one attached hydrogen (secondary N) is 2. The molecule has 3 rings (SSSR count). The van der Waals surface area contributed by atoms with Crippen LogP contribution in [-0.4, -0.2) is 48.6 Å². The second-order valence-electron chi connectivity index (χ2n) is 6.74. The fourth-order valence-corrected chi connectivity index (χ4v) is 3.49. The molecule has 25 heavy (non-hydrogen) atoms. The third-order valence-electron chi connectivity index (χ3n) is 5.05. The van der Waals surface area contributed by atoms with Crippen molar-refractivity contribution in [1.29, 1.82) is 5.26 Å². The van der Waals surface area contributed by atoms with Crippen LogP contribution < -0.4 is 15.4 Å². The minimum Gasteiger partial charge on any atom is -0.492 e. The maximum absolute atomic E-state index is 12.1. The Hall–Kier alpha value is -2.59. The van der Waals surface area contributed by atoms with Crippen molar-refractivity contribution in [2.45, 2.75) is 25.3 Å². The molecule has 0 radical (unpaired) electrons. The molecule has 132 valence electrons. The van der Waals surface area contributed by atoms with Crippen LogP contribution >= 0.6 is 0 Å². The van der Waals surface area contributed by atoms with Gasteiger partial charge in [-0.15, -0.1) is 0 Å². The second-order valence-corrected chi connectivity index (χ2v) is 6.74. The van der Waals surface area contributed by atoms with Crippen molar-refractivity contribution in [2.24, 2.45) is 5.92 Å². The molecular formula is C18H22N4O3. The number of carbonyl (C=O) groups is 2. The molecular weight excluding hydrogens is 320 g/mol. The molecule has 2 aliphatic heterocycles. The molecule has 0 aliphatic carbocycles. The molecule has 7 nitrogen and oxygen atoms in total. The first-order valence-corrected chi connectivity index (χ1v) is 8.50. The topological polar surface area (TPSA) is 94.5 Å². The number of likely N-dealkylation sites (tertiary alicyclic amines) is 1. The third-order valence-corrected chi connectivity index (χ3v) is 5.05. The van der Waals surface area contributed by atoms with Gasteiger partial charge in [-0.1, -0.05) is 0 Å². The van der Waals surface area contributed by atoms with Gasteiger partial charge in [0.05, 0.1) is 11.6 Å². The van der Waals surface area contributed by atoms with Gasteiger partial charge in [0.1, 0.15) is 17.9 Å². The van der Waals surface area contributed by atoms with Crippen molar-refractivity contribution in [3.63, 3.8) is 0 Å². The minimum absolute atomic E-state index is 0.0858. The summed E-state index contributed by atoms with van der Waals surface area (Å²) in [7, 11) is 0. The Morgan fingerprint density at radius 1 is 1.36 bits per heavy atom. The summed E-state index contributed by atoms with van der Waals surface area (Å²) in [5.74, 6) is 0.586. The lowest BCUT2D eigenvalue weighted by Gasteiger charge is -2.39. The number of urea groups is 1. The molecule has 2 aliphatic rings. The van der Waals surface area contributed by atoms with Gasteiger partial charge in [-0.2, -0.15) is 5.26 Å². The lowest BCUT2D eigenvalue weighted by Crippen LogP contribution is -2.56. The highest BCUT2D eigenvalue weighted by molar-refractivity contribution is 6.06. The average Bonchev–Trinajstić information content (AvgIpc) is 2.89. The predicted molar refractivity (Wildman–Crippen MR) is 90.9 cm³/mol. The maximum Gasteiger partial charge on any atom is 0.322 e. The SMILES string of the molecule is C[C@]1([C@H]2CCCN(CCOc3ccc(C#N)cc3)C2)NC(=O)NC1=O. The number of amides is 3. The number of nitrogens with zero attached hydrogens (tertiary/aromatic N) is 2. The summed E-state index contributed by atoms with van der Waals surface area (Å²) in [5.41, 5.74) is -0.222. The molecule has 0 aromatic heterocycles. The Morgan fingerprint density at radius 3 is 2.76 bits per heavy atom. The van der Waals surface area contributed by atoms with E-state index in [0.717, 1.165) is 38.2 Å². The number of piperidine rings is 1. The number of imide groups is 1. The van der Waals surface area contributed by atoms with Crippen LogP contribution in [-0.2, 0) is 4.79 Å². The zero-order valence-electron chi connectivity index (χ0n) is 14.2. The van der Waals surface area contributed by atoms with Crippen LogP contribution in [0.3, 0.4) is 0 Å². The Balaban J connectivity index is 1.51. The van der Waals surface area contributed by atoms with Crippen molar-refractivity contribution >= 4 is 11.9 Å². The lowest BCUT2D eigenvalue weighted by molar-refractivity contribution is -0.126. The van der Waals surface area contributed by atoms with E-state index in [1.807, 2.05) is 0 Å². The molecule has 1 aromatic carbocycles. The van der Waals surface area contributed by atoms with E-state index in [1.54, 1.807) is 31.2 Å². The number of carbonyl (C=O) groups excluding carboxylic acids is 2. The van der Waals surface area contributed by atoms with E-state index in [2.05, 4.69) is 21.6 Å². The fourth-order valence-electron chi connectivity index (χ4n) is 3.49. The Bertz CT molecular complexity index is 697. The molecule has 7 heteroatoms. The number of rotatable bonds is 5. The zero-order valence-corrected chi connectivity index (χ0v) is 14.2. The number of benzene rings is 1. The number of hydrogen-bond acceptors (Lipinski definition) is 5. The summed E-state index contributed by atoms with van der Waals surface area (Å²) in [6.45, 7) is 4.80. The van der Waals surface area contributed by atoms with Gasteiger partial charge in [-0.3, -0.25) is 15.0 Å². The first-order valence-electron chi connectivity index (χ1n) is 8.50. The summed E-state index contributed by atoms with van der Waals surface area (Å²) in [6, 6.07) is 8.71. The molecule has 2 N–H and O–H groups in total. The van der Waals surface area contributed by atoms with E-state index in [0.29, 0.717) is 12.2 Å². The van der Waals surface area contributed by atoms with Gasteiger partial charge in [0.2, 0.25) is 0 Å². The van der Waals surface area contributed by atoms with Crippen LogP contribution in [0.4, 0.5) is 4.79 Å². The Morgan fingerprint density at radius 2 is 2.12 bits per heavy atom. The van der Waals surface area contributed by atoms with E-state index in [-0.39, 0.29) is 11.8 Å². The van der Waals surface area contributed by atoms with Crippen molar-refractivity contribution in [1.82, 2.24) is 15.5 Å². The number of ether oxygens (including phenoxy) is 1. The monoisotopic (exact) mass is 342 g/mol. The van der Waals surface area contributed by atoms with Crippen LogP contribution in [0.25, 0.3) is 0 Å². The zero-order chi connectivity index (χ0) is 17.9. The lowest BCUT2D eigenvalue weighted by atomic mass is 9.80. The van der Waals surface area contributed by atoms with Crippen molar-refractivity contribution < 1.29 is 14.3 Å². The highest BCUT2D eigenvalue weighted by atomic mass is 16.5. The summed E-state index contributed by atoms with van der Waals surface area (Å²) in [5, 5.41) is 13.9. The van der Waals surface area contributed by atoms with Gasteiger partial charge in [0.15, 0.2) is 0 Å². The van der Waals surface area contributed by atoms with Gasteiger partial charge in [-0.25, -0.2) is 4.79 Å². The number of hydrogen-bond donors (Lipinski definition) is 2. The molecule has 2 fully saturated rings. The highest BCUT2D eigenvalue weighted by Gasteiger charge is 2.48. The smallest absolute Gasteiger partial charge is 0.322 e. The normalized spacial score (nSPS) is 26.6. The fraction of sp³-hybridized carbons (Fsp3) is 0.500. The molecule has 1 aromatic rings. The summed E-state index contributed by atoms with van der Waals surface area (Å²) < 4.78 is 5.73. The first kappa shape index (κ1) is 17.2. The van der Waals surface area contributed by atoms with Gasteiger partial charge in [0, 0.05) is 19.0 Å². The van der Waals surface area contributed by atoms with Crippen molar-refractivity contribution in [3.05, 3.63) is 29.8 Å². The van der Waals surface area contributed by atoms with E-state index in [1.165, 1.54) is 0 Å². The van der Waals surface area contributed by atoms with Crippen LogP contribution in [0.1, 0.15) is 25.3 Å². The van der Waals surface area contributed by atoms with Crippen LogP contribution in [0.2, 0.25) is 0 Å². The van der Waals surface area contributed by atoms with E-state index in [4.69, 9.17) is 10.00 Å². The Kier molecular flexibility index (Phi) is 4.91. The molecule has 2 atom stereocenters. The first-order chi connectivity index (χ1) is 12.0. The van der Waals surface area contributed by atoms with Gasteiger partial charge in [-0.05, 0) is 50.6 Å². The van der Waals surface area contributed by atoms with Gasteiger partial charge in [0.25, 0.3) is 5.91 Å². The average molecular weight is 342 g/mol. The predicted octanol–water partition coefficient (Wildman–Crippen LogP) is 1.25. The van der Waals surface area contributed by atoms with E-state index in [9.17, 15) is 9.59 Å². The summed E-state index contributed by atoms with van der Waals surface area (Å²) >= 11 is 0. The van der Waals surface area contributed by atoms with Crippen LogP contribution in [0.5, 0.6) is 5.75 Å². The quantitative estimate of drug-likeness (QED) is 0.785. The molecule has 2 heterocycles. The molecule has 0 spiro atoms. The van der Waals surface area contributed by atoms with E-state index >= 15 is 0 Å². The standard InChI is InChI=1S/C18H22N4O3/c1-18(16(23)20-17(24)21-18)14-3-2-8-22(12-14)9-10-25-15-6-4-13(11-19)5-7-15/h4-7,14H,2-3,8-10,12H2,1H3,(H2,20,21,23,24)/t14-,18+/m0/s1. The van der Waals surface area contributed by atoms with E-state index < -0.39 is 11.6 Å². The maximum atomic E-state index is 12.1. The van der Waals surface area contributed by atoms with Crippen LogP contribution in [0.15, 0.2) is 24.3 Å². The second kappa shape index (κ2) is 7.11. The summed E-state index contributed by atoms with van der Waals surface area (Å²) in [6.07, 6.45) is 1.90. The van der Waals surface area contributed by atoms with Crippen molar-refractivity contribution in [3.8, 4) is 11.8 Å². The summed E-state index contributed by atoms with van der Waals surface area (Å²) in [4.78, 5) is 25.8. The largest absolute Gasteiger partial charge is 0.492 e. The molecule has 3 amide bonds. The third kappa shape index (κ3) is 3.74. The molecule has 0 saturated carbocycles. The molecule has 0 bridgehead atoms. The molecule has 2 saturated heterocycles. The Labute approximate surface area is 146 Å². The van der Waals surface area contributed by atoms with Gasteiger partial charge < -0.3 is 10.1 Å². The highest BCUT2D eigenvalue weighted by Crippen LogP contribution is 2.29. The minimum atomic E-state index is -0.830.